The van der Waals surface area contributed by atoms with E-state index in [2.05, 4.69) is 31.9 Å². The van der Waals surface area contributed by atoms with Gasteiger partial charge in [0.05, 0.1) is 0 Å². The molecule has 3 N–H and O–H groups in total. The molecule has 3 amide bonds. The Hall–Kier alpha value is -4.92. The zero-order valence-electron chi connectivity index (χ0n) is 25.3. The number of rotatable bonds is 10. The molecular formula is C38H32BrN3O3S. The van der Waals surface area contributed by atoms with Gasteiger partial charge in [-0.3, -0.25) is 14.4 Å². The third-order valence-electron chi connectivity index (χ3n) is 7.26. The second-order valence-corrected chi connectivity index (χ2v) is 12.7. The zero-order chi connectivity index (χ0) is 32.5. The minimum absolute atomic E-state index is 0.0873. The molecule has 230 valence electrons. The standard InChI is InChI=1S/C38H32BrN3O3S/c1-25-11-9-18-33(26(25)2)41-38(45)35(28-12-5-3-6-13-28)46-32-17-10-16-31(24-32)40-37(44)34(23-27-19-21-30(39)22-20-27)42-36(43)29-14-7-4-8-15-29/h3-24,35H,1-2H3,(H,40,44)(H,41,45)(H,42,43)/b34-23+. The quantitative estimate of drug-likeness (QED) is 0.101. The first-order valence-electron chi connectivity index (χ1n) is 14.6. The Kier molecular flexibility index (Phi) is 10.9. The maximum atomic E-state index is 13.7. The van der Waals surface area contributed by atoms with Crippen LogP contribution in [0.25, 0.3) is 6.08 Å². The van der Waals surface area contributed by atoms with Crippen LogP contribution in [0.15, 0.2) is 142 Å². The summed E-state index contributed by atoms with van der Waals surface area (Å²) in [7, 11) is 0. The second-order valence-electron chi connectivity index (χ2n) is 10.6. The van der Waals surface area contributed by atoms with Crippen molar-refractivity contribution in [2.75, 3.05) is 10.6 Å². The first-order chi connectivity index (χ1) is 22.3. The van der Waals surface area contributed by atoms with Crippen LogP contribution in [0.2, 0.25) is 0 Å². The highest BCUT2D eigenvalue weighted by atomic mass is 79.9. The SMILES string of the molecule is Cc1cccc(NC(=O)C(Sc2cccc(NC(=O)/C(=C\c3ccc(Br)cc3)NC(=O)c3ccccc3)c2)c2ccccc2)c1C. The fourth-order valence-electron chi connectivity index (χ4n) is 4.64. The van der Waals surface area contributed by atoms with Gasteiger partial charge >= 0.3 is 0 Å². The number of hydrogen-bond donors (Lipinski definition) is 3. The van der Waals surface area contributed by atoms with Crippen LogP contribution >= 0.6 is 27.7 Å². The van der Waals surface area contributed by atoms with Crippen molar-refractivity contribution in [3.63, 3.8) is 0 Å². The minimum Gasteiger partial charge on any atom is -0.325 e. The van der Waals surface area contributed by atoms with E-state index in [1.807, 2.05) is 111 Å². The van der Waals surface area contributed by atoms with Crippen LogP contribution in [-0.2, 0) is 9.59 Å². The molecule has 5 rings (SSSR count). The molecule has 0 bridgehead atoms. The highest BCUT2D eigenvalue weighted by Crippen LogP contribution is 2.37. The van der Waals surface area contributed by atoms with Crippen molar-refractivity contribution in [2.45, 2.75) is 24.0 Å². The molecule has 8 heteroatoms. The molecule has 0 saturated carbocycles. The average molecular weight is 691 g/mol. The monoisotopic (exact) mass is 689 g/mol. The van der Waals surface area contributed by atoms with E-state index in [0.717, 1.165) is 37.3 Å². The third-order valence-corrected chi connectivity index (χ3v) is 9.04. The van der Waals surface area contributed by atoms with Gasteiger partial charge in [0, 0.05) is 26.3 Å². The first kappa shape index (κ1) is 32.5. The second kappa shape index (κ2) is 15.4. The summed E-state index contributed by atoms with van der Waals surface area (Å²) in [6.07, 6.45) is 1.63. The van der Waals surface area contributed by atoms with Crippen LogP contribution in [-0.4, -0.2) is 17.7 Å². The highest BCUT2D eigenvalue weighted by molar-refractivity contribution is 9.10. The topological polar surface area (TPSA) is 87.3 Å². The van der Waals surface area contributed by atoms with Crippen molar-refractivity contribution in [1.82, 2.24) is 5.32 Å². The van der Waals surface area contributed by atoms with E-state index in [1.54, 1.807) is 36.4 Å². The molecule has 0 fully saturated rings. The lowest BCUT2D eigenvalue weighted by Crippen LogP contribution is -2.30. The van der Waals surface area contributed by atoms with Gasteiger partial charge in [0.2, 0.25) is 5.91 Å². The predicted molar refractivity (Wildman–Crippen MR) is 191 cm³/mol. The number of thioether (sulfide) groups is 1. The van der Waals surface area contributed by atoms with Crippen LogP contribution in [0.5, 0.6) is 0 Å². The lowest BCUT2D eigenvalue weighted by atomic mass is 10.1. The van der Waals surface area contributed by atoms with Gasteiger partial charge in [-0.25, -0.2) is 0 Å². The number of aryl methyl sites for hydroxylation is 1. The molecule has 0 saturated heterocycles. The summed E-state index contributed by atoms with van der Waals surface area (Å²) in [6, 6.07) is 38.9. The maximum absolute atomic E-state index is 13.7. The maximum Gasteiger partial charge on any atom is 0.272 e. The molecule has 5 aromatic rings. The average Bonchev–Trinajstić information content (AvgIpc) is 3.07. The van der Waals surface area contributed by atoms with Crippen LogP contribution in [0.4, 0.5) is 11.4 Å². The molecule has 0 spiro atoms. The van der Waals surface area contributed by atoms with Crippen molar-refractivity contribution >= 4 is 62.9 Å². The van der Waals surface area contributed by atoms with Crippen LogP contribution in [0, 0.1) is 13.8 Å². The highest BCUT2D eigenvalue weighted by Gasteiger charge is 2.23. The normalized spacial score (nSPS) is 11.8. The molecular weight excluding hydrogens is 658 g/mol. The van der Waals surface area contributed by atoms with E-state index < -0.39 is 17.1 Å². The first-order valence-corrected chi connectivity index (χ1v) is 16.3. The molecule has 0 aliphatic carbocycles. The van der Waals surface area contributed by atoms with Crippen molar-refractivity contribution in [3.05, 3.63) is 165 Å². The molecule has 0 radical (unpaired) electrons. The molecule has 6 nitrogen and oxygen atoms in total. The number of carbonyl (C=O) groups excluding carboxylic acids is 3. The molecule has 1 atom stereocenters. The molecule has 0 aromatic heterocycles. The fourth-order valence-corrected chi connectivity index (χ4v) is 5.98. The Morgan fingerprint density at radius 3 is 2.13 bits per heavy atom. The number of hydrogen-bond acceptors (Lipinski definition) is 4. The van der Waals surface area contributed by atoms with E-state index in [-0.39, 0.29) is 11.6 Å². The zero-order valence-corrected chi connectivity index (χ0v) is 27.7. The molecule has 46 heavy (non-hydrogen) atoms. The summed E-state index contributed by atoms with van der Waals surface area (Å²) in [5.74, 6) is -1.03. The van der Waals surface area contributed by atoms with Gasteiger partial charge in [-0.1, -0.05) is 94.8 Å². The van der Waals surface area contributed by atoms with E-state index in [1.165, 1.54) is 11.8 Å². The van der Waals surface area contributed by atoms with Crippen molar-refractivity contribution in [2.24, 2.45) is 0 Å². The fraction of sp³-hybridized carbons (Fsp3) is 0.0789. The number of benzene rings is 5. The predicted octanol–water partition coefficient (Wildman–Crippen LogP) is 8.95. The summed E-state index contributed by atoms with van der Waals surface area (Å²) in [5, 5.41) is 8.25. The summed E-state index contributed by atoms with van der Waals surface area (Å²) < 4.78 is 0.898. The van der Waals surface area contributed by atoms with Crippen LogP contribution < -0.4 is 16.0 Å². The van der Waals surface area contributed by atoms with Gasteiger partial charge in [-0.15, -0.1) is 11.8 Å². The summed E-state index contributed by atoms with van der Waals surface area (Å²) in [6.45, 7) is 4.00. The number of amides is 3. The number of anilines is 2. The third kappa shape index (κ3) is 8.62. The number of halogens is 1. The van der Waals surface area contributed by atoms with Crippen LogP contribution in [0.1, 0.15) is 37.9 Å². The van der Waals surface area contributed by atoms with Gasteiger partial charge in [0.15, 0.2) is 0 Å². The van der Waals surface area contributed by atoms with E-state index >= 15 is 0 Å². The Morgan fingerprint density at radius 2 is 1.41 bits per heavy atom. The van der Waals surface area contributed by atoms with Crippen molar-refractivity contribution in [3.8, 4) is 0 Å². The van der Waals surface area contributed by atoms with Gasteiger partial charge < -0.3 is 16.0 Å². The van der Waals surface area contributed by atoms with Gasteiger partial charge in [0.1, 0.15) is 10.9 Å². The smallest absolute Gasteiger partial charge is 0.272 e. The lowest BCUT2D eigenvalue weighted by Gasteiger charge is -2.19. The Bertz CT molecular complexity index is 1880. The molecule has 5 aromatic carbocycles. The van der Waals surface area contributed by atoms with E-state index in [0.29, 0.717) is 11.3 Å². The Balaban J connectivity index is 1.38. The Morgan fingerprint density at radius 1 is 0.739 bits per heavy atom. The van der Waals surface area contributed by atoms with Gasteiger partial charge in [-0.05, 0) is 90.7 Å². The van der Waals surface area contributed by atoms with Crippen molar-refractivity contribution < 1.29 is 14.4 Å². The number of carbonyl (C=O) groups is 3. The molecule has 0 aliphatic heterocycles. The van der Waals surface area contributed by atoms with Crippen LogP contribution in [0.3, 0.4) is 0 Å². The summed E-state index contributed by atoms with van der Waals surface area (Å²) in [5.41, 5.74) is 5.52. The van der Waals surface area contributed by atoms with Gasteiger partial charge in [-0.2, -0.15) is 0 Å². The molecule has 1 unspecified atom stereocenters. The lowest BCUT2D eigenvalue weighted by molar-refractivity contribution is -0.116. The van der Waals surface area contributed by atoms with Gasteiger partial charge in [0.25, 0.3) is 11.8 Å². The minimum atomic E-state index is -0.551. The number of nitrogens with one attached hydrogen (secondary N) is 3. The van der Waals surface area contributed by atoms with E-state index in [9.17, 15) is 14.4 Å². The summed E-state index contributed by atoms with van der Waals surface area (Å²) in [4.78, 5) is 41.1. The Labute approximate surface area is 281 Å². The van der Waals surface area contributed by atoms with E-state index in [4.69, 9.17) is 0 Å². The summed E-state index contributed by atoms with van der Waals surface area (Å²) >= 11 is 4.82. The van der Waals surface area contributed by atoms with Crippen molar-refractivity contribution in [1.29, 1.82) is 0 Å². The molecule has 0 aliphatic rings. The molecule has 0 heterocycles. The largest absolute Gasteiger partial charge is 0.325 e.